The molecular weight excluding hydrogens is 468 g/mol. The summed E-state index contributed by atoms with van der Waals surface area (Å²) >= 11 is 6.70. The van der Waals surface area contributed by atoms with E-state index >= 15 is 0 Å². The number of hydrogen-bond donors (Lipinski definition) is 1. The predicted molar refractivity (Wildman–Crippen MR) is 140 cm³/mol. The second-order valence-corrected chi connectivity index (χ2v) is 8.90. The molecule has 0 aliphatic carbocycles. The number of carbonyl (C=O) groups excluding carboxylic acids is 2. The van der Waals surface area contributed by atoms with Gasteiger partial charge >= 0.3 is 0 Å². The van der Waals surface area contributed by atoms with Crippen LogP contribution in [0.25, 0.3) is 6.08 Å². The standard InChI is InChI=1S/C26H22N2O4S2/c1-2-31-21-13-11-20(12-14-21)28-25(30)23(34-26(28)33)16-18-7-6-10-22(15-18)32-17-24(29)27-19-8-4-3-5-9-19/h3-16H,2,17H2,1H3,(H,27,29)/b23-16-. The molecule has 8 heteroatoms. The molecule has 0 atom stereocenters. The Bertz CT molecular complexity index is 1230. The largest absolute Gasteiger partial charge is 0.494 e. The van der Waals surface area contributed by atoms with Crippen molar-refractivity contribution in [2.45, 2.75) is 6.92 Å². The lowest BCUT2D eigenvalue weighted by Crippen LogP contribution is -2.27. The van der Waals surface area contributed by atoms with Crippen molar-refractivity contribution < 1.29 is 19.1 Å². The number of anilines is 2. The van der Waals surface area contributed by atoms with E-state index in [2.05, 4.69) is 5.32 Å². The minimum absolute atomic E-state index is 0.127. The SMILES string of the molecule is CCOc1ccc(N2C(=O)/C(=C/c3cccc(OCC(=O)Nc4ccccc4)c3)SC2=S)cc1. The lowest BCUT2D eigenvalue weighted by molar-refractivity contribution is -0.118. The number of para-hydroxylation sites is 1. The Morgan fingerprint density at radius 1 is 1.00 bits per heavy atom. The molecule has 0 radical (unpaired) electrons. The summed E-state index contributed by atoms with van der Waals surface area (Å²) in [4.78, 5) is 27.2. The van der Waals surface area contributed by atoms with Gasteiger partial charge < -0.3 is 14.8 Å². The number of rotatable bonds is 8. The van der Waals surface area contributed by atoms with Crippen LogP contribution in [-0.4, -0.2) is 29.3 Å². The average Bonchev–Trinajstić information content (AvgIpc) is 3.12. The van der Waals surface area contributed by atoms with Gasteiger partial charge in [0.15, 0.2) is 10.9 Å². The highest BCUT2D eigenvalue weighted by atomic mass is 32.2. The van der Waals surface area contributed by atoms with Crippen LogP contribution in [0.4, 0.5) is 11.4 Å². The van der Waals surface area contributed by atoms with E-state index in [4.69, 9.17) is 21.7 Å². The zero-order valence-corrected chi connectivity index (χ0v) is 20.0. The zero-order valence-electron chi connectivity index (χ0n) is 18.4. The van der Waals surface area contributed by atoms with Crippen LogP contribution in [0.5, 0.6) is 11.5 Å². The number of nitrogens with zero attached hydrogens (tertiary/aromatic N) is 1. The lowest BCUT2D eigenvalue weighted by atomic mass is 10.2. The van der Waals surface area contributed by atoms with Crippen LogP contribution in [-0.2, 0) is 9.59 Å². The Morgan fingerprint density at radius 2 is 1.76 bits per heavy atom. The molecule has 0 bridgehead atoms. The molecule has 0 aromatic heterocycles. The highest BCUT2D eigenvalue weighted by Crippen LogP contribution is 2.36. The Morgan fingerprint density at radius 3 is 2.50 bits per heavy atom. The Balaban J connectivity index is 1.41. The quantitative estimate of drug-likeness (QED) is 0.332. The number of hydrogen-bond acceptors (Lipinski definition) is 6. The fourth-order valence-corrected chi connectivity index (χ4v) is 4.56. The van der Waals surface area contributed by atoms with Gasteiger partial charge in [0.25, 0.3) is 11.8 Å². The molecule has 0 saturated carbocycles. The Kier molecular flexibility index (Phi) is 7.61. The maximum Gasteiger partial charge on any atom is 0.270 e. The minimum atomic E-state index is -0.257. The van der Waals surface area contributed by atoms with Crippen LogP contribution in [0.15, 0.2) is 83.8 Å². The fraction of sp³-hybridized carbons (Fsp3) is 0.115. The van der Waals surface area contributed by atoms with Gasteiger partial charge in [-0.25, -0.2) is 0 Å². The Hall–Kier alpha value is -3.62. The van der Waals surface area contributed by atoms with Gasteiger partial charge in [0.1, 0.15) is 11.5 Å². The van der Waals surface area contributed by atoms with Gasteiger partial charge in [-0.05, 0) is 67.1 Å². The molecule has 0 unspecified atom stereocenters. The molecule has 3 aromatic carbocycles. The topological polar surface area (TPSA) is 67.9 Å². The molecule has 6 nitrogen and oxygen atoms in total. The van der Waals surface area contributed by atoms with Crippen molar-refractivity contribution in [1.82, 2.24) is 0 Å². The molecular formula is C26H22N2O4S2. The Labute approximate surface area is 207 Å². The number of nitrogens with one attached hydrogen (secondary N) is 1. The molecule has 1 aliphatic rings. The summed E-state index contributed by atoms with van der Waals surface area (Å²) in [6.45, 7) is 2.36. The molecule has 172 valence electrons. The van der Waals surface area contributed by atoms with Crippen molar-refractivity contribution in [1.29, 1.82) is 0 Å². The molecule has 1 fully saturated rings. The average molecular weight is 491 g/mol. The molecule has 1 saturated heterocycles. The van der Waals surface area contributed by atoms with Crippen molar-refractivity contribution in [3.05, 3.63) is 89.3 Å². The first-order chi connectivity index (χ1) is 16.5. The molecule has 2 amide bonds. The molecule has 1 aliphatic heterocycles. The summed E-state index contributed by atoms with van der Waals surface area (Å²) in [5.74, 6) is 0.820. The lowest BCUT2D eigenvalue weighted by Gasteiger charge is -2.15. The summed E-state index contributed by atoms with van der Waals surface area (Å²) < 4.78 is 11.6. The first kappa shape index (κ1) is 23.5. The number of benzene rings is 3. The van der Waals surface area contributed by atoms with Crippen LogP contribution in [0.2, 0.25) is 0 Å². The predicted octanol–water partition coefficient (Wildman–Crippen LogP) is 5.51. The van der Waals surface area contributed by atoms with E-state index < -0.39 is 0 Å². The van der Waals surface area contributed by atoms with Crippen LogP contribution in [0.1, 0.15) is 12.5 Å². The van der Waals surface area contributed by atoms with Crippen LogP contribution >= 0.6 is 24.0 Å². The van der Waals surface area contributed by atoms with Crippen LogP contribution in [0, 0.1) is 0 Å². The van der Waals surface area contributed by atoms with Gasteiger partial charge in [-0.3, -0.25) is 14.5 Å². The second-order valence-electron chi connectivity index (χ2n) is 7.22. The first-order valence-electron chi connectivity index (χ1n) is 10.6. The zero-order chi connectivity index (χ0) is 23.9. The third kappa shape index (κ3) is 5.84. The van der Waals surface area contributed by atoms with Gasteiger partial charge in [0.2, 0.25) is 0 Å². The molecule has 3 aromatic rings. The fourth-order valence-electron chi connectivity index (χ4n) is 3.26. The van der Waals surface area contributed by atoms with Gasteiger partial charge in [0, 0.05) is 5.69 Å². The maximum absolute atomic E-state index is 13.0. The summed E-state index contributed by atoms with van der Waals surface area (Å²) in [5.41, 5.74) is 2.17. The van der Waals surface area contributed by atoms with E-state index in [1.807, 2.05) is 73.7 Å². The van der Waals surface area contributed by atoms with E-state index in [-0.39, 0.29) is 18.4 Å². The van der Waals surface area contributed by atoms with Crippen molar-refractivity contribution in [3.63, 3.8) is 0 Å². The van der Waals surface area contributed by atoms with E-state index in [0.29, 0.717) is 33.0 Å². The monoisotopic (exact) mass is 490 g/mol. The third-order valence-corrected chi connectivity index (χ3v) is 6.09. The van der Waals surface area contributed by atoms with E-state index in [1.165, 1.54) is 16.7 Å². The number of ether oxygens (including phenoxy) is 2. The molecule has 4 rings (SSSR count). The highest BCUT2D eigenvalue weighted by molar-refractivity contribution is 8.27. The van der Waals surface area contributed by atoms with Gasteiger partial charge in [-0.1, -0.05) is 54.3 Å². The summed E-state index contributed by atoms with van der Waals surface area (Å²) in [7, 11) is 0. The molecule has 0 spiro atoms. The van der Waals surface area contributed by atoms with E-state index in [0.717, 1.165) is 11.3 Å². The molecule has 34 heavy (non-hydrogen) atoms. The van der Waals surface area contributed by atoms with Crippen LogP contribution in [0.3, 0.4) is 0 Å². The highest BCUT2D eigenvalue weighted by Gasteiger charge is 2.33. The number of thiocarbonyl (C=S) groups is 1. The van der Waals surface area contributed by atoms with Crippen molar-refractivity contribution in [2.24, 2.45) is 0 Å². The summed E-state index contributed by atoms with van der Waals surface area (Å²) in [6, 6.07) is 23.7. The van der Waals surface area contributed by atoms with Crippen molar-refractivity contribution >= 4 is 57.6 Å². The van der Waals surface area contributed by atoms with E-state index in [9.17, 15) is 9.59 Å². The molecule has 1 N–H and O–H groups in total. The van der Waals surface area contributed by atoms with E-state index in [1.54, 1.807) is 18.2 Å². The summed E-state index contributed by atoms with van der Waals surface area (Å²) in [5, 5.41) is 2.78. The third-order valence-electron chi connectivity index (χ3n) is 4.78. The van der Waals surface area contributed by atoms with Crippen molar-refractivity contribution in [3.8, 4) is 11.5 Å². The maximum atomic E-state index is 13.0. The van der Waals surface area contributed by atoms with Gasteiger partial charge in [-0.15, -0.1) is 0 Å². The number of amides is 2. The van der Waals surface area contributed by atoms with Gasteiger partial charge in [-0.2, -0.15) is 0 Å². The van der Waals surface area contributed by atoms with Crippen molar-refractivity contribution in [2.75, 3.05) is 23.4 Å². The number of carbonyl (C=O) groups is 2. The summed E-state index contributed by atoms with van der Waals surface area (Å²) in [6.07, 6.45) is 1.77. The smallest absolute Gasteiger partial charge is 0.270 e. The first-order valence-corrected chi connectivity index (χ1v) is 11.8. The van der Waals surface area contributed by atoms with Gasteiger partial charge in [0.05, 0.1) is 17.2 Å². The number of thioether (sulfide) groups is 1. The molecule has 1 heterocycles. The second kappa shape index (κ2) is 11.0. The van der Waals surface area contributed by atoms with Crippen LogP contribution < -0.4 is 19.7 Å². The normalized spacial score (nSPS) is 14.4. The minimum Gasteiger partial charge on any atom is -0.494 e.